The van der Waals surface area contributed by atoms with E-state index in [-0.39, 0.29) is 24.5 Å². The van der Waals surface area contributed by atoms with Crippen LogP contribution in [-0.4, -0.2) is 23.7 Å². The van der Waals surface area contributed by atoms with Crippen LogP contribution in [0.2, 0.25) is 0 Å². The molecule has 0 saturated heterocycles. The van der Waals surface area contributed by atoms with Crippen molar-refractivity contribution in [1.82, 2.24) is 5.32 Å². The molecule has 0 heterocycles. The summed E-state index contributed by atoms with van der Waals surface area (Å²) in [4.78, 5) is 11.7. The average Bonchev–Trinajstić information content (AvgIpc) is 2.34. The Morgan fingerprint density at radius 3 is 2.67 bits per heavy atom. The van der Waals surface area contributed by atoms with E-state index in [0.717, 1.165) is 10.0 Å². The maximum Gasteiger partial charge on any atom is 0.244 e. The van der Waals surface area contributed by atoms with Crippen molar-refractivity contribution in [3.8, 4) is 0 Å². The van der Waals surface area contributed by atoms with Gasteiger partial charge in [0.05, 0.1) is 12.6 Å². The summed E-state index contributed by atoms with van der Waals surface area (Å²) in [5.74, 6) is 0.00862. The van der Waals surface area contributed by atoms with Gasteiger partial charge in [-0.15, -0.1) is 0 Å². The van der Waals surface area contributed by atoms with E-state index >= 15 is 0 Å². The smallest absolute Gasteiger partial charge is 0.244 e. The van der Waals surface area contributed by atoms with Crippen molar-refractivity contribution >= 4 is 27.9 Å². The van der Waals surface area contributed by atoms with Crippen LogP contribution in [0.4, 0.5) is 0 Å². The van der Waals surface area contributed by atoms with E-state index in [1.165, 1.54) is 6.08 Å². The predicted molar refractivity (Wildman–Crippen MR) is 77.0 cm³/mol. The Balaban J connectivity index is 2.62. The first-order chi connectivity index (χ1) is 8.54. The number of carbonyl (C=O) groups excluding carboxylic acids is 1. The molecule has 3 nitrogen and oxygen atoms in total. The summed E-state index contributed by atoms with van der Waals surface area (Å²) in [6.07, 6.45) is 3.22. The summed E-state index contributed by atoms with van der Waals surface area (Å²) in [5.41, 5.74) is 0.942. The van der Waals surface area contributed by atoms with Crippen LogP contribution in [0.1, 0.15) is 19.4 Å². The number of benzene rings is 1. The molecule has 1 aromatic rings. The standard InChI is InChI=1S/C14H18BrNO2/c1-10(2)13(9-17)16-14(18)8-7-11-5-3-4-6-12(11)15/h3-8,10,13,17H,9H2,1-2H3,(H,16,18)/t13-/m1/s1. The van der Waals surface area contributed by atoms with Crippen LogP contribution in [-0.2, 0) is 4.79 Å². The molecule has 0 aliphatic heterocycles. The fourth-order valence-corrected chi connectivity index (χ4v) is 1.85. The van der Waals surface area contributed by atoms with Crippen LogP contribution in [0.15, 0.2) is 34.8 Å². The van der Waals surface area contributed by atoms with Gasteiger partial charge in [0.25, 0.3) is 0 Å². The van der Waals surface area contributed by atoms with Crippen molar-refractivity contribution in [2.45, 2.75) is 19.9 Å². The highest BCUT2D eigenvalue weighted by molar-refractivity contribution is 9.10. The van der Waals surface area contributed by atoms with E-state index in [9.17, 15) is 4.79 Å². The third-order valence-electron chi connectivity index (χ3n) is 2.65. The number of aliphatic hydroxyl groups is 1. The number of rotatable bonds is 5. The van der Waals surface area contributed by atoms with Crippen molar-refractivity contribution < 1.29 is 9.90 Å². The third-order valence-corrected chi connectivity index (χ3v) is 3.37. The van der Waals surface area contributed by atoms with Gasteiger partial charge >= 0.3 is 0 Å². The van der Waals surface area contributed by atoms with Crippen molar-refractivity contribution in [3.05, 3.63) is 40.4 Å². The molecule has 0 bridgehead atoms. The summed E-state index contributed by atoms with van der Waals surface area (Å²) in [5, 5.41) is 11.9. The molecule has 0 spiro atoms. The van der Waals surface area contributed by atoms with Crippen LogP contribution in [0.5, 0.6) is 0 Å². The fraction of sp³-hybridized carbons (Fsp3) is 0.357. The van der Waals surface area contributed by atoms with Crippen molar-refractivity contribution in [2.75, 3.05) is 6.61 Å². The van der Waals surface area contributed by atoms with Gasteiger partial charge in [-0.2, -0.15) is 0 Å². The normalized spacial score (nSPS) is 12.9. The molecule has 1 amide bonds. The minimum atomic E-state index is -0.207. The number of hydrogen-bond donors (Lipinski definition) is 2. The monoisotopic (exact) mass is 311 g/mol. The topological polar surface area (TPSA) is 49.3 Å². The molecule has 0 aliphatic carbocycles. The first kappa shape index (κ1) is 14.9. The van der Waals surface area contributed by atoms with Gasteiger partial charge in [0.1, 0.15) is 0 Å². The molecule has 98 valence electrons. The van der Waals surface area contributed by atoms with Crippen LogP contribution >= 0.6 is 15.9 Å². The van der Waals surface area contributed by atoms with Crippen molar-refractivity contribution in [1.29, 1.82) is 0 Å². The highest BCUT2D eigenvalue weighted by Crippen LogP contribution is 2.16. The molecule has 0 aromatic heterocycles. The number of hydrogen-bond acceptors (Lipinski definition) is 2. The molecule has 0 aliphatic rings. The van der Waals surface area contributed by atoms with Crippen LogP contribution in [0, 0.1) is 5.92 Å². The Hall–Kier alpha value is -1.13. The molecule has 1 rings (SSSR count). The summed E-state index contributed by atoms with van der Waals surface area (Å²) >= 11 is 3.41. The van der Waals surface area contributed by atoms with E-state index in [4.69, 9.17) is 5.11 Å². The quantitative estimate of drug-likeness (QED) is 0.821. The van der Waals surface area contributed by atoms with E-state index in [2.05, 4.69) is 21.2 Å². The van der Waals surface area contributed by atoms with Gasteiger partial charge in [0.2, 0.25) is 5.91 Å². The second-order valence-corrected chi connectivity index (χ2v) is 5.25. The first-order valence-electron chi connectivity index (χ1n) is 5.88. The van der Waals surface area contributed by atoms with Gasteiger partial charge in [-0.3, -0.25) is 4.79 Å². The molecule has 0 saturated carbocycles. The predicted octanol–water partition coefficient (Wildman–Crippen LogP) is 2.60. The number of aliphatic hydroxyl groups excluding tert-OH is 1. The second-order valence-electron chi connectivity index (χ2n) is 4.40. The van der Waals surface area contributed by atoms with Gasteiger partial charge in [0, 0.05) is 10.5 Å². The maximum absolute atomic E-state index is 11.7. The molecule has 0 radical (unpaired) electrons. The lowest BCUT2D eigenvalue weighted by molar-refractivity contribution is -0.117. The first-order valence-corrected chi connectivity index (χ1v) is 6.68. The van der Waals surface area contributed by atoms with Gasteiger partial charge in [-0.05, 0) is 23.6 Å². The zero-order valence-corrected chi connectivity index (χ0v) is 12.1. The Bertz CT molecular complexity index is 430. The van der Waals surface area contributed by atoms with E-state index in [1.54, 1.807) is 6.08 Å². The van der Waals surface area contributed by atoms with Gasteiger partial charge in [-0.25, -0.2) is 0 Å². The molecule has 0 unspecified atom stereocenters. The average molecular weight is 312 g/mol. The Morgan fingerprint density at radius 2 is 2.11 bits per heavy atom. The summed E-state index contributed by atoms with van der Waals surface area (Å²) < 4.78 is 0.941. The van der Waals surface area contributed by atoms with Gasteiger partial charge in [0.15, 0.2) is 0 Å². The van der Waals surface area contributed by atoms with Crippen molar-refractivity contribution in [3.63, 3.8) is 0 Å². The number of carbonyl (C=O) groups is 1. The Morgan fingerprint density at radius 1 is 1.44 bits per heavy atom. The highest BCUT2D eigenvalue weighted by Gasteiger charge is 2.13. The van der Waals surface area contributed by atoms with E-state index in [0.29, 0.717) is 0 Å². The zero-order valence-electron chi connectivity index (χ0n) is 10.6. The van der Waals surface area contributed by atoms with Gasteiger partial charge < -0.3 is 10.4 Å². The summed E-state index contributed by atoms with van der Waals surface area (Å²) in [7, 11) is 0. The lowest BCUT2D eigenvalue weighted by Crippen LogP contribution is -2.40. The maximum atomic E-state index is 11.7. The molecule has 0 fully saturated rings. The lowest BCUT2D eigenvalue weighted by atomic mass is 10.1. The summed E-state index contributed by atoms with van der Waals surface area (Å²) in [6.45, 7) is 3.86. The number of halogens is 1. The molecule has 18 heavy (non-hydrogen) atoms. The highest BCUT2D eigenvalue weighted by atomic mass is 79.9. The van der Waals surface area contributed by atoms with E-state index < -0.39 is 0 Å². The van der Waals surface area contributed by atoms with Crippen molar-refractivity contribution in [2.24, 2.45) is 5.92 Å². The molecular weight excluding hydrogens is 294 g/mol. The molecule has 4 heteroatoms. The molecular formula is C14H18BrNO2. The van der Waals surface area contributed by atoms with E-state index in [1.807, 2.05) is 38.1 Å². The molecule has 2 N–H and O–H groups in total. The Kier molecular flexibility index (Phi) is 6.09. The van der Waals surface area contributed by atoms with Crippen LogP contribution in [0.25, 0.3) is 6.08 Å². The molecule has 1 atom stereocenters. The third kappa shape index (κ3) is 4.63. The SMILES string of the molecule is CC(C)[C@@H](CO)NC(=O)C=Cc1ccccc1Br. The zero-order chi connectivity index (χ0) is 13.5. The fourth-order valence-electron chi connectivity index (χ4n) is 1.43. The lowest BCUT2D eigenvalue weighted by Gasteiger charge is -2.18. The minimum absolute atomic E-state index is 0.0493. The number of amides is 1. The largest absolute Gasteiger partial charge is 0.394 e. The second kappa shape index (κ2) is 7.34. The van der Waals surface area contributed by atoms with Gasteiger partial charge in [-0.1, -0.05) is 48.0 Å². The number of nitrogens with one attached hydrogen (secondary N) is 1. The molecule has 1 aromatic carbocycles. The summed E-state index contributed by atoms with van der Waals surface area (Å²) in [6, 6.07) is 7.46. The Labute approximate surface area is 116 Å². The minimum Gasteiger partial charge on any atom is -0.394 e. The van der Waals surface area contributed by atoms with Crippen LogP contribution in [0.3, 0.4) is 0 Å². The van der Waals surface area contributed by atoms with Crippen LogP contribution < -0.4 is 5.32 Å².